The van der Waals surface area contributed by atoms with Gasteiger partial charge in [-0.15, -0.1) is 0 Å². The van der Waals surface area contributed by atoms with Gasteiger partial charge in [0, 0.05) is 27.1 Å². The van der Waals surface area contributed by atoms with E-state index in [0.717, 1.165) is 27.1 Å². The first kappa shape index (κ1) is 22.6. The third kappa shape index (κ3) is 4.99. The quantitative estimate of drug-likeness (QED) is 0.379. The Morgan fingerprint density at radius 1 is 1.06 bits per heavy atom. The predicted molar refractivity (Wildman–Crippen MR) is 127 cm³/mol. The minimum atomic E-state index is -0.360. The van der Waals surface area contributed by atoms with E-state index >= 15 is 0 Å². The van der Waals surface area contributed by atoms with Gasteiger partial charge in [0.2, 0.25) is 0 Å². The summed E-state index contributed by atoms with van der Waals surface area (Å²) in [4.78, 5) is 12.1. The molecular formula is C24H26BrN3O3. The molecule has 1 amide bonds. The van der Waals surface area contributed by atoms with Crippen LogP contribution in [0.3, 0.4) is 0 Å². The first-order valence-corrected chi connectivity index (χ1v) is 10.7. The maximum Gasteiger partial charge on any atom is 0.277 e. The summed E-state index contributed by atoms with van der Waals surface area (Å²) in [6.45, 7) is 8.11. The van der Waals surface area contributed by atoms with Gasteiger partial charge in [-0.05, 0) is 79.0 Å². The molecule has 1 heterocycles. The lowest BCUT2D eigenvalue weighted by Gasteiger charge is -2.11. The number of aromatic nitrogens is 1. The Morgan fingerprint density at radius 3 is 2.45 bits per heavy atom. The van der Waals surface area contributed by atoms with Crippen LogP contribution >= 0.6 is 15.9 Å². The van der Waals surface area contributed by atoms with Gasteiger partial charge in [0.1, 0.15) is 0 Å². The zero-order valence-electron chi connectivity index (χ0n) is 18.3. The SMILES string of the molecule is COc1ccccc1OCC(=O)N/N=C\c1c(Br)c(C)n(-c2ccc(C)c(C)c2)c1C. The number of halogens is 1. The lowest BCUT2D eigenvalue weighted by atomic mass is 10.1. The first-order valence-electron chi connectivity index (χ1n) is 9.86. The minimum absolute atomic E-state index is 0.166. The van der Waals surface area contributed by atoms with Gasteiger partial charge >= 0.3 is 0 Å². The average Bonchev–Trinajstić information content (AvgIpc) is 2.97. The predicted octanol–water partition coefficient (Wildman–Crippen LogP) is 5.01. The summed E-state index contributed by atoms with van der Waals surface area (Å²) < 4.78 is 13.8. The Labute approximate surface area is 191 Å². The van der Waals surface area contributed by atoms with Crippen LogP contribution in [0.15, 0.2) is 52.0 Å². The highest BCUT2D eigenvalue weighted by atomic mass is 79.9. The number of aryl methyl sites for hydroxylation is 2. The van der Waals surface area contributed by atoms with Gasteiger partial charge in [0.15, 0.2) is 18.1 Å². The normalized spacial score (nSPS) is 11.0. The Hall–Kier alpha value is -3.06. The summed E-state index contributed by atoms with van der Waals surface area (Å²) in [5.41, 5.74) is 9.08. The number of nitrogens with zero attached hydrogens (tertiary/aromatic N) is 2. The van der Waals surface area contributed by atoms with Crippen LogP contribution in [0.1, 0.15) is 28.1 Å². The zero-order valence-corrected chi connectivity index (χ0v) is 19.9. The fraction of sp³-hybridized carbons (Fsp3) is 0.250. The number of rotatable bonds is 7. The molecule has 0 aliphatic carbocycles. The standard InChI is InChI=1S/C24H26BrN3O3/c1-15-10-11-19(12-16(15)2)28-17(3)20(24(25)18(28)4)13-26-27-23(29)14-31-22-9-7-6-8-21(22)30-5/h6-13H,14H2,1-5H3,(H,27,29)/b26-13-. The Kier molecular flexibility index (Phi) is 7.17. The smallest absolute Gasteiger partial charge is 0.277 e. The van der Waals surface area contributed by atoms with Crippen molar-refractivity contribution in [3.63, 3.8) is 0 Å². The molecule has 0 saturated heterocycles. The van der Waals surface area contributed by atoms with E-state index in [2.05, 4.69) is 63.1 Å². The number of hydrogen-bond acceptors (Lipinski definition) is 4. The summed E-state index contributed by atoms with van der Waals surface area (Å²) in [7, 11) is 1.55. The molecule has 162 valence electrons. The number of hydrazone groups is 1. The number of ether oxygens (including phenoxy) is 2. The maximum absolute atomic E-state index is 12.1. The highest BCUT2D eigenvalue weighted by Gasteiger charge is 2.16. The number of hydrogen-bond donors (Lipinski definition) is 1. The van der Waals surface area contributed by atoms with Crippen LogP contribution in [0, 0.1) is 27.7 Å². The molecule has 0 aliphatic heterocycles. The molecule has 0 bridgehead atoms. The largest absolute Gasteiger partial charge is 0.493 e. The zero-order chi connectivity index (χ0) is 22.5. The van der Waals surface area contributed by atoms with Gasteiger partial charge in [-0.3, -0.25) is 4.79 Å². The van der Waals surface area contributed by atoms with Gasteiger partial charge in [-0.1, -0.05) is 18.2 Å². The summed E-state index contributed by atoms with van der Waals surface area (Å²) in [5.74, 6) is 0.714. The summed E-state index contributed by atoms with van der Waals surface area (Å²) >= 11 is 3.66. The number of amides is 1. The molecule has 0 radical (unpaired) electrons. The molecule has 0 unspecified atom stereocenters. The Morgan fingerprint density at radius 2 is 1.77 bits per heavy atom. The topological polar surface area (TPSA) is 64.8 Å². The van der Waals surface area contributed by atoms with E-state index in [0.29, 0.717) is 11.5 Å². The van der Waals surface area contributed by atoms with Crippen molar-refractivity contribution in [2.24, 2.45) is 5.10 Å². The highest BCUT2D eigenvalue weighted by Crippen LogP contribution is 2.30. The number of para-hydroxylation sites is 2. The van der Waals surface area contributed by atoms with Crippen molar-refractivity contribution in [1.82, 2.24) is 9.99 Å². The number of carbonyl (C=O) groups is 1. The van der Waals surface area contributed by atoms with Crippen molar-refractivity contribution in [1.29, 1.82) is 0 Å². The number of benzene rings is 2. The summed E-state index contributed by atoms with van der Waals surface area (Å²) in [5, 5.41) is 4.12. The maximum atomic E-state index is 12.1. The van der Waals surface area contributed by atoms with E-state index in [1.807, 2.05) is 26.0 Å². The molecular weight excluding hydrogens is 458 g/mol. The molecule has 3 aromatic rings. The lowest BCUT2D eigenvalue weighted by Crippen LogP contribution is -2.24. The van der Waals surface area contributed by atoms with Crippen LogP contribution in [0.5, 0.6) is 11.5 Å². The van der Waals surface area contributed by atoms with Crippen LogP contribution in [-0.4, -0.2) is 30.4 Å². The van der Waals surface area contributed by atoms with Crippen molar-refractivity contribution in [2.45, 2.75) is 27.7 Å². The van der Waals surface area contributed by atoms with Gasteiger partial charge in [-0.2, -0.15) is 5.10 Å². The van der Waals surface area contributed by atoms with Crippen molar-refractivity contribution in [2.75, 3.05) is 13.7 Å². The fourth-order valence-corrected chi connectivity index (χ4v) is 3.88. The van der Waals surface area contributed by atoms with E-state index in [9.17, 15) is 4.79 Å². The monoisotopic (exact) mass is 483 g/mol. The molecule has 0 saturated carbocycles. The van der Waals surface area contributed by atoms with E-state index in [-0.39, 0.29) is 12.5 Å². The molecule has 0 aliphatic rings. The van der Waals surface area contributed by atoms with Crippen LogP contribution in [0.25, 0.3) is 5.69 Å². The van der Waals surface area contributed by atoms with E-state index < -0.39 is 0 Å². The molecule has 1 N–H and O–H groups in total. The highest BCUT2D eigenvalue weighted by molar-refractivity contribution is 9.10. The van der Waals surface area contributed by atoms with Gasteiger partial charge in [0.05, 0.1) is 13.3 Å². The number of methoxy groups -OCH3 is 1. The third-order valence-electron chi connectivity index (χ3n) is 5.17. The second-order valence-electron chi connectivity index (χ2n) is 7.24. The van der Waals surface area contributed by atoms with Crippen LogP contribution in [0.2, 0.25) is 0 Å². The molecule has 0 fully saturated rings. The van der Waals surface area contributed by atoms with Crippen LogP contribution in [-0.2, 0) is 4.79 Å². The number of carbonyl (C=O) groups excluding carboxylic acids is 1. The Bertz CT molecular complexity index is 1140. The first-order chi connectivity index (χ1) is 14.8. The van der Waals surface area contributed by atoms with Gasteiger partial charge in [0.25, 0.3) is 5.91 Å². The Balaban J connectivity index is 1.71. The van der Waals surface area contributed by atoms with Crippen LogP contribution in [0.4, 0.5) is 0 Å². The lowest BCUT2D eigenvalue weighted by molar-refractivity contribution is -0.123. The molecule has 31 heavy (non-hydrogen) atoms. The summed E-state index contributed by atoms with van der Waals surface area (Å²) in [6, 6.07) is 13.6. The molecule has 0 atom stereocenters. The minimum Gasteiger partial charge on any atom is -0.493 e. The van der Waals surface area contributed by atoms with Crippen molar-refractivity contribution < 1.29 is 14.3 Å². The molecule has 7 heteroatoms. The van der Waals surface area contributed by atoms with Crippen molar-refractivity contribution in [3.8, 4) is 17.2 Å². The van der Waals surface area contributed by atoms with Crippen molar-refractivity contribution >= 4 is 28.1 Å². The molecule has 0 spiro atoms. The molecule has 1 aromatic heterocycles. The second-order valence-corrected chi connectivity index (χ2v) is 8.03. The van der Waals surface area contributed by atoms with E-state index in [1.165, 1.54) is 11.1 Å². The van der Waals surface area contributed by atoms with Crippen molar-refractivity contribution in [3.05, 3.63) is 75.0 Å². The second kappa shape index (κ2) is 9.83. The third-order valence-corrected chi connectivity index (χ3v) is 6.18. The molecule has 3 rings (SSSR count). The molecule has 2 aromatic carbocycles. The van der Waals surface area contributed by atoms with Crippen LogP contribution < -0.4 is 14.9 Å². The summed E-state index contributed by atoms with van der Waals surface area (Å²) in [6.07, 6.45) is 1.64. The molecule has 6 nitrogen and oxygen atoms in total. The average molecular weight is 484 g/mol. The van der Waals surface area contributed by atoms with E-state index in [4.69, 9.17) is 9.47 Å². The van der Waals surface area contributed by atoms with Gasteiger partial charge < -0.3 is 14.0 Å². The fourth-order valence-electron chi connectivity index (χ4n) is 3.31. The van der Waals surface area contributed by atoms with E-state index in [1.54, 1.807) is 25.5 Å². The number of nitrogens with one attached hydrogen (secondary N) is 1. The van der Waals surface area contributed by atoms with Gasteiger partial charge in [-0.25, -0.2) is 5.43 Å².